The highest BCUT2D eigenvalue weighted by Crippen LogP contribution is 2.20. The number of hydrogen-bond acceptors (Lipinski definition) is 1. The minimum atomic E-state index is -4.16. The Labute approximate surface area is 93.7 Å². The molecule has 1 N–H and O–H groups in total. The van der Waals surface area contributed by atoms with Gasteiger partial charge in [0, 0.05) is 6.04 Å². The summed E-state index contributed by atoms with van der Waals surface area (Å²) in [5.74, 6) is 0. The first-order valence-corrected chi connectivity index (χ1v) is 5.17. The fourth-order valence-corrected chi connectivity index (χ4v) is 1.61. The number of aryl methyl sites for hydroxylation is 2. The van der Waals surface area contributed by atoms with Gasteiger partial charge in [-0.2, -0.15) is 13.2 Å². The largest absolute Gasteiger partial charge is 0.401 e. The third-order valence-corrected chi connectivity index (χ3v) is 2.51. The Hall–Kier alpha value is -1.03. The van der Waals surface area contributed by atoms with Crippen LogP contribution in [0.2, 0.25) is 0 Å². The first kappa shape index (κ1) is 13.0. The Kier molecular flexibility index (Phi) is 3.97. The first-order chi connectivity index (χ1) is 7.29. The van der Waals surface area contributed by atoms with Gasteiger partial charge in [0.05, 0.1) is 6.54 Å². The van der Waals surface area contributed by atoms with Crippen molar-refractivity contribution in [2.75, 3.05) is 6.54 Å². The molecule has 4 heteroatoms. The molecule has 0 aliphatic rings. The van der Waals surface area contributed by atoms with Crippen LogP contribution in [-0.2, 0) is 0 Å². The van der Waals surface area contributed by atoms with E-state index in [1.54, 1.807) is 6.92 Å². The van der Waals surface area contributed by atoms with Gasteiger partial charge < -0.3 is 5.32 Å². The molecule has 0 fully saturated rings. The predicted octanol–water partition coefficient (Wildman–Crippen LogP) is 3.52. The van der Waals surface area contributed by atoms with Crippen LogP contribution in [0.4, 0.5) is 13.2 Å². The maximum atomic E-state index is 12.0. The van der Waals surface area contributed by atoms with Crippen molar-refractivity contribution in [1.82, 2.24) is 5.32 Å². The van der Waals surface area contributed by atoms with Crippen LogP contribution in [0, 0.1) is 13.8 Å². The lowest BCUT2D eigenvalue weighted by atomic mass is 10.00. The summed E-state index contributed by atoms with van der Waals surface area (Å²) in [7, 11) is 0. The third-order valence-electron chi connectivity index (χ3n) is 2.51. The second kappa shape index (κ2) is 4.87. The molecule has 1 atom stereocenters. The van der Waals surface area contributed by atoms with Crippen LogP contribution in [-0.4, -0.2) is 12.7 Å². The number of alkyl halides is 3. The molecule has 0 aliphatic heterocycles. The summed E-state index contributed by atoms with van der Waals surface area (Å²) in [5.41, 5.74) is 2.98. The van der Waals surface area contributed by atoms with Crippen LogP contribution in [0.5, 0.6) is 0 Å². The molecule has 1 nitrogen and oxygen atoms in total. The van der Waals surface area contributed by atoms with Crippen molar-refractivity contribution in [3.8, 4) is 0 Å². The van der Waals surface area contributed by atoms with Gasteiger partial charge in [-0.3, -0.25) is 0 Å². The molecule has 0 spiro atoms. The van der Waals surface area contributed by atoms with Gasteiger partial charge in [0.25, 0.3) is 0 Å². The van der Waals surface area contributed by atoms with Crippen molar-refractivity contribution in [1.29, 1.82) is 0 Å². The Morgan fingerprint density at radius 1 is 1.25 bits per heavy atom. The smallest absolute Gasteiger partial charge is 0.302 e. The fraction of sp³-hybridized carbons (Fsp3) is 0.500. The van der Waals surface area contributed by atoms with Crippen LogP contribution in [0.3, 0.4) is 0 Å². The summed E-state index contributed by atoms with van der Waals surface area (Å²) >= 11 is 0. The van der Waals surface area contributed by atoms with Gasteiger partial charge in [-0.1, -0.05) is 23.8 Å². The highest BCUT2D eigenvalue weighted by molar-refractivity contribution is 5.32. The second-order valence-electron chi connectivity index (χ2n) is 4.08. The molecule has 0 saturated heterocycles. The van der Waals surface area contributed by atoms with Gasteiger partial charge in [0.15, 0.2) is 0 Å². The lowest BCUT2D eigenvalue weighted by molar-refractivity contribution is -0.126. The van der Waals surface area contributed by atoms with Gasteiger partial charge in [-0.25, -0.2) is 0 Å². The summed E-state index contributed by atoms with van der Waals surface area (Å²) < 4.78 is 36.1. The summed E-state index contributed by atoms with van der Waals surface area (Å²) in [6.07, 6.45) is -4.16. The normalized spacial score (nSPS) is 13.9. The average Bonchev–Trinajstić information content (AvgIpc) is 2.17. The van der Waals surface area contributed by atoms with E-state index in [0.29, 0.717) is 0 Å². The maximum Gasteiger partial charge on any atom is 0.401 e. The molecule has 1 rings (SSSR count). The molecule has 0 bridgehead atoms. The molecule has 1 aromatic rings. The SMILES string of the molecule is Cc1ccc(C)c(C(C)NCC(F)(F)F)c1. The monoisotopic (exact) mass is 231 g/mol. The lowest BCUT2D eigenvalue weighted by Gasteiger charge is -2.18. The van der Waals surface area contributed by atoms with E-state index >= 15 is 0 Å². The van der Waals surface area contributed by atoms with Gasteiger partial charge in [-0.15, -0.1) is 0 Å². The van der Waals surface area contributed by atoms with Crippen molar-refractivity contribution < 1.29 is 13.2 Å². The molecule has 0 aliphatic carbocycles. The Bertz CT molecular complexity index is 358. The number of halogens is 3. The molecule has 16 heavy (non-hydrogen) atoms. The molecule has 90 valence electrons. The van der Waals surface area contributed by atoms with E-state index < -0.39 is 12.7 Å². The quantitative estimate of drug-likeness (QED) is 0.839. The Morgan fingerprint density at radius 3 is 2.44 bits per heavy atom. The minimum absolute atomic E-state index is 0.290. The standard InChI is InChI=1S/C12H16F3N/c1-8-4-5-9(2)11(6-8)10(3)16-7-12(13,14)15/h4-6,10,16H,7H2,1-3H3. The van der Waals surface area contributed by atoms with E-state index in [1.807, 2.05) is 32.0 Å². The molecule has 0 saturated carbocycles. The van der Waals surface area contributed by atoms with E-state index in [2.05, 4.69) is 5.32 Å². The van der Waals surface area contributed by atoms with Crippen LogP contribution in [0.1, 0.15) is 29.7 Å². The molecule has 1 unspecified atom stereocenters. The molecular formula is C12H16F3N. The van der Waals surface area contributed by atoms with E-state index in [0.717, 1.165) is 16.7 Å². The lowest BCUT2D eigenvalue weighted by Crippen LogP contribution is -2.31. The summed E-state index contributed by atoms with van der Waals surface area (Å²) in [5, 5.41) is 2.48. The number of nitrogens with one attached hydrogen (secondary N) is 1. The van der Waals surface area contributed by atoms with Crippen molar-refractivity contribution in [2.24, 2.45) is 0 Å². The van der Waals surface area contributed by atoms with Crippen molar-refractivity contribution >= 4 is 0 Å². The zero-order valence-electron chi connectivity index (χ0n) is 9.65. The summed E-state index contributed by atoms with van der Waals surface area (Å²) in [6, 6.07) is 5.51. The fourth-order valence-electron chi connectivity index (χ4n) is 1.61. The highest BCUT2D eigenvalue weighted by atomic mass is 19.4. The zero-order chi connectivity index (χ0) is 12.3. The van der Waals surface area contributed by atoms with E-state index in [9.17, 15) is 13.2 Å². The van der Waals surface area contributed by atoms with Crippen molar-refractivity contribution in [3.05, 3.63) is 34.9 Å². The highest BCUT2D eigenvalue weighted by Gasteiger charge is 2.27. The molecule has 0 aromatic heterocycles. The first-order valence-electron chi connectivity index (χ1n) is 5.17. The van der Waals surface area contributed by atoms with Gasteiger partial charge in [0.1, 0.15) is 0 Å². The van der Waals surface area contributed by atoms with Crippen LogP contribution < -0.4 is 5.32 Å². The molecular weight excluding hydrogens is 215 g/mol. The number of benzene rings is 1. The minimum Gasteiger partial charge on any atom is -0.302 e. The topological polar surface area (TPSA) is 12.0 Å². The van der Waals surface area contributed by atoms with Crippen molar-refractivity contribution in [3.63, 3.8) is 0 Å². The van der Waals surface area contributed by atoms with Crippen LogP contribution >= 0.6 is 0 Å². The molecule has 1 aromatic carbocycles. The van der Waals surface area contributed by atoms with Gasteiger partial charge >= 0.3 is 6.18 Å². The summed E-state index contributed by atoms with van der Waals surface area (Å²) in [4.78, 5) is 0. The third kappa shape index (κ3) is 3.85. The Balaban J connectivity index is 2.73. The van der Waals surface area contributed by atoms with Gasteiger partial charge in [0.2, 0.25) is 0 Å². The Morgan fingerprint density at radius 2 is 1.88 bits per heavy atom. The zero-order valence-corrected chi connectivity index (χ0v) is 9.65. The average molecular weight is 231 g/mol. The number of hydrogen-bond donors (Lipinski definition) is 1. The van der Waals surface area contributed by atoms with E-state index in [-0.39, 0.29) is 6.04 Å². The number of rotatable bonds is 3. The van der Waals surface area contributed by atoms with E-state index in [1.165, 1.54) is 0 Å². The van der Waals surface area contributed by atoms with Gasteiger partial charge in [-0.05, 0) is 31.9 Å². The van der Waals surface area contributed by atoms with Crippen LogP contribution in [0.15, 0.2) is 18.2 Å². The molecule has 0 amide bonds. The van der Waals surface area contributed by atoms with Crippen molar-refractivity contribution in [2.45, 2.75) is 33.0 Å². The molecule has 0 radical (unpaired) electrons. The second-order valence-corrected chi connectivity index (χ2v) is 4.08. The van der Waals surface area contributed by atoms with Crippen LogP contribution in [0.25, 0.3) is 0 Å². The summed E-state index contributed by atoms with van der Waals surface area (Å²) in [6.45, 7) is 4.62. The van der Waals surface area contributed by atoms with E-state index in [4.69, 9.17) is 0 Å². The predicted molar refractivity (Wildman–Crippen MR) is 58.4 cm³/mol. The maximum absolute atomic E-state index is 12.0. The molecule has 0 heterocycles.